The van der Waals surface area contributed by atoms with E-state index in [9.17, 15) is 0 Å². The highest BCUT2D eigenvalue weighted by Crippen LogP contribution is 2.45. The van der Waals surface area contributed by atoms with Gasteiger partial charge in [-0.2, -0.15) is 0 Å². The van der Waals surface area contributed by atoms with Gasteiger partial charge in [-0.3, -0.25) is 0 Å². The van der Waals surface area contributed by atoms with E-state index in [4.69, 9.17) is 23.2 Å². The molecule has 0 N–H and O–H groups in total. The second-order valence-corrected chi connectivity index (χ2v) is 6.45. The lowest BCUT2D eigenvalue weighted by Crippen LogP contribution is -1.88. The standard InChI is InChI=1S/C20H10Cl2/c21-16-10-12-5-3-4-11-8-9-14-13-6-1-2-7-15(13)20(22)19(16)18(14)17(11)12/h1-10H. The van der Waals surface area contributed by atoms with Crippen LogP contribution in [0.2, 0.25) is 10.0 Å². The first-order valence-corrected chi connectivity index (χ1v) is 7.94. The normalized spacial score (nSPS) is 12.1. The average Bonchev–Trinajstić information content (AvgIpc) is 2.55. The molecule has 0 bridgehead atoms. The topological polar surface area (TPSA) is 0 Å². The molecule has 0 atom stereocenters. The number of benzene rings is 5. The summed E-state index contributed by atoms with van der Waals surface area (Å²) in [5, 5.41) is 10.6. The number of halogens is 2. The number of hydrogen-bond donors (Lipinski definition) is 0. The Hall–Kier alpha value is -2.02. The van der Waals surface area contributed by atoms with Crippen LogP contribution in [0.25, 0.3) is 43.1 Å². The maximum absolute atomic E-state index is 6.72. The molecule has 0 aliphatic carbocycles. The van der Waals surface area contributed by atoms with Crippen molar-refractivity contribution >= 4 is 66.3 Å². The van der Waals surface area contributed by atoms with E-state index in [1.807, 2.05) is 12.1 Å². The third kappa shape index (κ3) is 1.44. The van der Waals surface area contributed by atoms with E-state index >= 15 is 0 Å². The van der Waals surface area contributed by atoms with Crippen molar-refractivity contribution in [1.82, 2.24) is 0 Å². The van der Waals surface area contributed by atoms with E-state index in [2.05, 4.69) is 48.5 Å². The molecular weight excluding hydrogens is 311 g/mol. The van der Waals surface area contributed by atoms with Crippen LogP contribution < -0.4 is 0 Å². The van der Waals surface area contributed by atoms with Crippen molar-refractivity contribution in [3.63, 3.8) is 0 Å². The average molecular weight is 321 g/mol. The van der Waals surface area contributed by atoms with Crippen molar-refractivity contribution in [1.29, 1.82) is 0 Å². The van der Waals surface area contributed by atoms with Gasteiger partial charge in [-0.15, -0.1) is 0 Å². The molecule has 0 heterocycles. The lowest BCUT2D eigenvalue weighted by Gasteiger charge is -2.16. The molecule has 0 nitrogen and oxygen atoms in total. The van der Waals surface area contributed by atoms with E-state index in [-0.39, 0.29) is 0 Å². The van der Waals surface area contributed by atoms with Crippen LogP contribution in [0.5, 0.6) is 0 Å². The van der Waals surface area contributed by atoms with Gasteiger partial charge in [0, 0.05) is 16.2 Å². The summed E-state index contributed by atoms with van der Waals surface area (Å²) in [6.07, 6.45) is 0. The quantitative estimate of drug-likeness (QED) is 0.212. The fourth-order valence-corrected chi connectivity index (χ4v) is 4.31. The first kappa shape index (κ1) is 12.5. The minimum Gasteiger partial charge on any atom is -0.0836 e. The van der Waals surface area contributed by atoms with Gasteiger partial charge in [-0.1, -0.05) is 77.8 Å². The van der Waals surface area contributed by atoms with Crippen LogP contribution in [-0.4, -0.2) is 0 Å². The van der Waals surface area contributed by atoms with E-state index in [0.717, 1.165) is 21.2 Å². The predicted octanol–water partition coefficient (Wildman–Crippen LogP) is 7.04. The largest absolute Gasteiger partial charge is 0.0836 e. The molecule has 2 heteroatoms. The molecule has 0 saturated heterocycles. The Kier molecular flexibility index (Phi) is 2.42. The van der Waals surface area contributed by atoms with Gasteiger partial charge in [0.25, 0.3) is 0 Å². The zero-order chi connectivity index (χ0) is 14.8. The molecule has 0 aliphatic rings. The van der Waals surface area contributed by atoms with Crippen LogP contribution in [0.1, 0.15) is 0 Å². The molecule has 0 aromatic heterocycles. The summed E-state index contributed by atoms with van der Waals surface area (Å²) < 4.78 is 0. The van der Waals surface area contributed by atoms with Crippen molar-refractivity contribution in [2.45, 2.75) is 0 Å². The molecular formula is C20H10Cl2. The fraction of sp³-hybridized carbons (Fsp3) is 0. The van der Waals surface area contributed by atoms with Gasteiger partial charge in [-0.05, 0) is 33.0 Å². The summed E-state index contributed by atoms with van der Waals surface area (Å²) >= 11 is 13.3. The lowest BCUT2D eigenvalue weighted by molar-refractivity contribution is 1.78. The lowest BCUT2D eigenvalue weighted by atomic mass is 9.91. The van der Waals surface area contributed by atoms with E-state index in [1.165, 1.54) is 26.9 Å². The molecule has 0 radical (unpaired) electrons. The minimum absolute atomic E-state index is 0.715. The zero-order valence-electron chi connectivity index (χ0n) is 11.5. The van der Waals surface area contributed by atoms with Crippen LogP contribution >= 0.6 is 23.2 Å². The van der Waals surface area contributed by atoms with Crippen molar-refractivity contribution in [2.24, 2.45) is 0 Å². The Labute approximate surface area is 137 Å². The van der Waals surface area contributed by atoms with Gasteiger partial charge >= 0.3 is 0 Å². The van der Waals surface area contributed by atoms with Crippen LogP contribution in [-0.2, 0) is 0 Å². The van der Waals surface area contributed by atoms with Gasteiger partial charge < -0.3 is 0 Å². The number of fused-ring (bicyclic) bond motifs is 2. The second kappa shape index (κ2) is 4.25. The Balaban J connectivity index is 2.28. The Morgan fingerprint density at radius 3 is 2.18 bits per heavy atom. The van der Waals surface area contributed by atoms with Gasteiger partial charge in [0.2, 0.25) is 0 Å². The van der Waals surface area contributed by atoms with Gasteiger partial charge in [0.15, 0.2) is 0 Å². The number of rotatable bonds is 0. The Morgan fingerprint density at radius 2 is 1.32 bits per heavy atom. The summed E-state index contributed by atoms with van der Waals surface area (Å²) in [6, 6.07) is 20.9. The molecule has 5 rings (SSSR count). The minimum atomic E-state index is 0.715. The second-order valence-electron chi connectivity index (χ2n) is 5.66. The van der Waals surface area contributed by atoms with Crippen LogP contribution in [0.15, 0.2) is 60.7 Å². The highest BCUT2D eigenvalue weighted by Gasteiger charge is 2.16. The molecule has 5 aromatic carbocycles. The van der Waals surface area contributed by atoms with Crippen molar-refractivity contribution in [3.8, 4) is 0 Å². The predicted molar refractivity (Wildman–Crippen MR) is 97.7 cm³/mol. The highest BCUT2D eigenvalue weighted by atomic mass is 35.5. The third-order valence-corrected chi connectivity index (χ3v) is 5.21. The maximum atomic E-state index is 6.72. The molecule has 5 aromatic rings. The van der Waals surface area contributed by atoms with Crippen molar-refractivity contribution in [3.05, 3.63) is 70.7 Å². The van der Waals surface area contributed by atoms with Gasteiger partial charge in [0.05, 0.1) is 10.0 Å². The van der Waals surface area contributed by atoms with Crippen LogP contribution in [0.4, 0.5) is 0 Å². The fourth-order valence-electron chi connectivity index (χ4n) is 3.60. The summed E-state index contributed by atoms with van der Waals surface area (Å²) in [6.45, 7) is 0. The molecule has 0 aliphatic heterocycles. The zero-order valence-corrected chi connectivity index (χ0v) is 13.0. The number of hydrogen-bond acceptors (Lipinski definition) is 0. The molecule has 0 unspecified atom stereocenters. The SMILES string of the molecule is Clc1cc2cccc3ccc4c5ccccc5c(Cl)c1c4c32. The summed E-state index contributed by atoms with van der Waals surface area (Å²) in [5.41, 5.74) is 0. The monoisotopic (exact) mass is 320 g/mol. The van der Waals surface area contributed by atoms with Crippen molar-refractivity contribution in [2.75, 3.05) is 0 Å². The molecule has 22 heavy (non-hydrogen) atoms. The highest BCUT2D eigenvalue weighted by molar-refractivity contribution is 6.50. The van der Waals surface area contributed by atoms with E-state index < -0.39 is 0 Å². The first-order chi connectivity index (χ1) is 10.8. The first-order valence-electron chi connectivity index (χ1n) is 7.19. The summed E-state index contributed by atoms with van der Waals surface area (Å²) in [5.74, 6) is 0. The van der Waals surface area contributed by atoms with Crippen LogP contribution in [0, 0.1) is 0 Å². The molecule has 0 amide bonds. The van der Waals surface area contributed by atoms with E-state index in [1.54, 1.807) is 0 Å². The molecule has 0 spiro atoms. The summed E-state index contributed by atoms with van der Waals surface area (Å²) in [4.78, 5) is 0. The van der Waals surface area contributed by atoms with Gasteiger partial charge in [-0.25, -0.2) is 0 Å². The smallest absolute Gasteiger partial charge is 0.0578 e. The Bertz CT molecular complexity index is 1190. The summed E-state index contributed by atoms with van der Waals surface area (Å²) in [7, 11) is 0. The third-order valence-electron chi connectivity index (χ3n) is 4.52. The van der Waals surface area contributed by atoms with Gasteiger partial charge in [0.1, 0.15) is 0 Å². The molecule has 0 saturated carbocycles. The molecule has 0 fully saturated rings. The van der Waals surface area contributed by atoms with E-state index in [0.29, 0.717) is 5.02 Å². The Morgan fingerprint density at radius 1 is 0.545 bits per heavy atom. The van der Waals surface area contributed by atoms with Crippen molar-refractivity contribution < 1.29 is 0 Å². The molecule has 104 valence electrons. The maximum Gasteiger partial charge on any atom is 0.0578 e. The van der Waals surface area contributed by atoms with Crippen LogP contribution in [0.3, 0.4) is 0 Å².